The average Bonchev–Trinajstić information content (AvgIpc) is 2.87. The summed E-state index contributed by atoms with van der Waals surface area (Å²) in [5.41, 5.74) is 0.114. The predicted molar refractivity (Wildman–Crippen MR) is 70.2 cm³/mol. The molecule has 17 heavy (non-hydrogen) atoms. The van der Waals surface area contributed by atoms with Crippen LogP contribution in [0.1, 0.15) is 36.5 Å². The Hall–Kier alpha value is -1.13. The summed E-state index contributed by atoms with van der Waals surface area (Å²) >= 11 is 1.58. The van der Waals surface area contributed by atoms with E-state index in [1.807, 2.05) is 36.1 Å². The first-order valence-electron chi connectivity index (χ1n) is 5.86. The van der Waals surface area contributed by atoms with E-state index in [-0.39, 0.29) is 0 Å². The molecule has 2 rings (SSSR count). The van der Waals surface area contributed by atoms with E-state index >= 15 is 0 Å². The Bertz CT molecular complexity index is 499. The highest BCUT2D eigenvalue weighted by atomic mass is 32.1. The Balaban J connectivity index is 2.44. The molecule has 92 valence electrons. The quantitative estimate of drug-likeness (QED) is 0.906. The van der Waals surface area contributed by atoms with Crippen molar-refractivity contribution in [2.45, 2.75) is 39.3 Å². The fourth-order valence-electron chi connectivity index (χ4n) is 2.13. The zero-order valence-corrected chi connectivity index (χ0v) is 11.3. The van der Waals surface area contributed by atoms with Gasteiger partial charge in [0, 0.05) is 23.8 Å². The number of aliphatic hydroxyl groups is 1. The van der Waals surface area contributed by atoms with E-state index in [2.05, 4.69) is 11.9 Å². The first-order valence-corrected chi connectivity index (χ1v) is 6.74. The normalized spacial score (nSPS) is 14.8. The van der Waals surface area contributed by atoms with Gasteiger partial charge in [-0.2, -0.15) is 0 Å². The monoisotopic (exact) mass is 250 g/mol. The van der Waals surface area contributed by atoms with E-state index in [4.69, 9.17) is 0 Å². The van der Waals surface area contributed by atoms with Crippen LogP contribution in [0, 0.1) is 6.92 Å². The fourth-order valence-corrected chi connectivity index (χ4v) is 3.11. The van der Waals surface area contributed by atoms with Gasteiger partial charge < -0.3 is 9.67 Å². The number of hydrogen-bond acceptors (Lipinski definition) is 3. The van der Waals surface area contributed by atoms with Crippen LogP contribution >= 0.6 is 11.3 Å². The van der Waals surface area contributed by atoms with Gasteiger partial charge in [-0.15, -0.1) is 11.3 Å². The van der Waals surface area contributed by atoms with Crippen LogP contribution in [0.5, 0.6) is 0 Å². The average molecular weight is 250 g/mol. The number of thiophene rings is 1. The second kappa shape index (κ2) is 4.63. The molecule has 2 heterocycles. The van der Waals surface area contributed by atoms with Crippen LogP contribution in [0.25, 0.3) is 0 Å². The summed E-state index contributed by atoms with van der Waals surface area (Å²) in [6.45, 7) is 6.85. The molecule has 0 aromatic carbocycles. The van der Waals surface area contributed by atoms with Crippen LogP contribution in [0.4, 0.5) is 0 Å². The molecule has 4 heteroatoms. The van der Waals surface area contributed by atoms with E-state index in [1.54, 1.807) is 17.5 Å². The predicted octanol–water partition coefficient (Wildman–Crippen LogP) is 2.92. The zero-order chi connectivity index (χ0) is 12.5. The lowest BCUT2D eigenvalue weighted by atomic mass is 10.0. The molecule has 1 unspecified atom stereocenters. The molecule has 2 aromatic rings. The van der Waals surface area contributed by atoms with Crippen molar-refractivity contribution < 1.29 is 5.11 Å². The minimum Gasteiger partial charge on any atom is -0.377 e. The van der Waals surface area contributed by atoms with Gasteiger partial charge >= 0.3 is 0 Å². The Labute approximate surface area is 106 Å². The number of nitrogens with zero attached hydrogens (tertiary/aromatic N) is 2. The van der Waals surface area contributed by atoms with Crippen LogP contribution in [0.2, 0.25) is 0 Å². The highest BCUT2D eigenvalue weighted by Crippen LogP contribution is 2.34. The summed E-state index contributed by atoms with van der Waals surface area (Å²) < 4.78 is 2.03. The third kappa shape index (κ3) is 2.15. The van der Waals surface area contributed by atoms with Gasteiger partial charge in [0.1, 0.15) is 5.82 Å². The smallest absolute Gasteiger partial charge is 0.154 e. The van der Waals surface area contributed by atoms with Gasteiger partial charge in [-0.1, -0.05) is 6.92 Å². The van der Waals surface area contributed by atoms with Crippen LogP contribution in [-0.2, 0) is 12.1 Å². The maximum atomic E-state index is 10.8. The van der Waals surface area contributed by atoms with Crippen molar-refractivity contribution in [2.24, 2.45) is 0 Å². The molecule has 1 atom stereocenters. The van der Waals surface area contributed by atoms with Gasteiger partial charge in [-0.05, 0) is 37.3 Å². The van der Waals surface area contributed by atoms with Crippen molar-refractivity contribution in [3.63, 3.8) is 0 Å². The van der Waals surface area contributed by atoms with Gasteiger partial charge in [0.15, 0.2) is 5.60 Å². The molecule has 2 aromatic heterocycles. The van der Waals surface area contributed by atoms with Crippen molar-refractivity contribution in [3.05, 3.63) is 40.1 Å². The van der Waals surface area contributed by atoms with Crippen LogP contribution in [-0.4, -0.2) is 14.7 Å². The summed E-state index contributed by atoms with van der Waals surface area (Å²) in [6.07, 6.45) is 4.71. The van der Waals surface area contributed by atoms with E-state index in [1.165, 1.54) is 0 Å². The zero-order valence-electron chi connectivity index (χ0n) is 10.5. The summed E-state index contributed by atoms with van der Waals surface area (Å²) in [7, 11) is 0. The molecule has 0 aliphatic carbocycles. The molecule has 1 N–H and O–H groups in total. The molecule has 0 amide bonds. The largest absolute Gasteiger partial charge is 0.377 e. The van der Waals surface area contributed by atoms with Crippen molar-refractivity contribution in [1.29, 1.82) is 0 Å². The Kier molecular flexibility index (Phi) is 3.35. The van der Waals surface area contributed by atoms with Crippen molar-refractivity contribution >= 4 is 11.3 Å². The first-order chi connectivity index (χ1) is 8.07. The Morgan fingerprint density at radius 2 is 2.29 bits per heavy atom. The van der Waals surface area contributed by atoms with Gasteiger partial charge in [0.2, 0.25) is 0 Å². The number of hydrogen-bond donors (Lipinski definition) is 1. The molecular formula is C13H18N2OS. The molecule has 0 saturated heterocycles. The minimum absolute atomic E-state index is 0.727. The van der Waals surface area contributed by atoms with Crippen molar-refractivity contribution in [1.82, 2.24) is 9.55 Å². The lowest BCUT2D eigenvalue weighted by molar-refractivity contribution is 0.0911. The van der Waals surface area contributed by atoms with Gasteiger partial charge in [0.25, 0.3) is 0 Å². The summed E-state index contributed by atoms with van der Waals surface area (Å²) in [5.74, 6) is 0.727. The molecule has 0 aliphatic rings. The molecule has 0 bridgehead atoms. The summed E-state index contributed by atoms with van der Waals surface area (Å²) in [5, 5.41) is 12.8. The third-order valence-electron chi connectivity index (χ3n) is 2.92. The molecular weight excluding hydrogens is 232 g/mol. The van der Waals surface area contributed by atoms with E-state index in [0.29, 0.717) is 0 Å². The molecule has 0 fully saturated rings. The second-order valence-electron chi connectivity index (χ2n) is 4.45. The third-order valence-corrected chi connectivity index (χ3v) is 4.15. The number of aromatic nitrogens is 2. The van der Waals surface area contributed by atoms with Gasteiger partial charge in [-0.3, -0.25) is 0 Å². The maximum Gasteiger partial charge on any atom is 0.154 e. The Morgan fingerprint density at radius 1 is 1.53 bits per heavy atom. The standard InChI is InChI=1S/C13H18N2OS/c1-4-7-15-8-6-14-12(15)13(3,16)11-10(2)5-9-17-11/h5-6,8-9,16H,4,7H2,1-3H3. The fraction of sp³-hybridized carbons (Fsp3) is 0.462. The molecule has 3 nitrogen and oxygen atoms in total. The van der Waals surface area contributed by atoms with Crippen molar-refractivity contribution in [3.8, 4) is 0 Å². The highest BCUT2D eigenvalue weighted by Gasteiger charge is 2.32. The van der Waals surface area contributed by atoms with Crippen LogP contribution < -0.4 is 0 Å². The second-order valence-corrected chi connectivity index (χ2v) is 5.37. The number of imidazole rings is 1. The molecule has 0 spiro atoms. The first kappa shape index (κ1) is 12.3. The molecule has 0 radical (unpaired) electrons. The van der Waals surface area contributed by atoms with Crippen molar-refractivity contribution in [2.75, 3.05) is 0 Å². The van der Waals surface area contributed by atoms with Gasteiger partial charge in [0.05, 0.1) is 0 Å². The van der Waals surface area contributed by atoms with Crippen LogP contribution in [0.3, 0.4) is 0 Å². The van der Waals surface area contributed by atoms with E-state index in [0.717, 1.165) is 29.2 Å². The summed E-state index contributed by atoms with van der Waals surface area (Å²) in [6, 6.07) is 2.03. The lowest BCUT2D eigenvalue weighted by Crippen LogP contribution is -2.27. The maximum absolute atomic E-state index is 10.8. The molecule has 0 saturated carbocycles. The number of rotatable bonds is 4. The van der Waals surface area contributed by atoms with Crippen LogP contribution in [0.15, 0.2) is 23.8 Å². The minimum atomic E-state index is -1.00. The number of aryl methyl sites for hydroxylation is 2. The Morgan fingerprint density at radius 3 is 2.88 bits per heavy atom. The SMILES string of the molecule is CCCn1ccnc1C(C)(O)c1sccc1C. The lowest BCUT2D eigenvalue weighted by Gasteiger charge is -2.23. The van der Waals surface area contributed by atoms with E-state index in [9.17, 15) is 5.11 Å². The summed E-state index contributed by atoms with van der Waals surface area (Å²) in [4.78, 5) is 5.30. The van der Waals surface area contributed by atoms with Gasteiger partial charge in [-0.25, -0.2) is 4.98 Å². The highest BCUT2D eigenvalue weighted by molar-refractivity contribution is 7.10. The van der Waals surface area contributed by atoms with E-state index < -0.39 is 5.60 Å². The molecule has 0 aliphatic heterocycles. The topological polar surface area (TPSA) is 38.0 Å².